The molecule has 0 aliphatic carbocycles. The summed E-state index contributed by atoms with van der Waals surface area (Å²) in [6.07, 6.45) is 0.990. The molecule has 0 unspecified atom stereocenters. The van der Waals surface area contributed by atoms with Gasteiger partial charge in [0.15, 0.2) is 0 Å². The lowest BCUT2D eigenvalue weighted by Gasteiger charge is -2.23. The van der Waals surface area contributed by atoms with Gasteiger partial charge in [-0.3, -0.25) is 4.79 Å². The summed E-state index contributed by atoms with van der Waals surface area (Å²) in [6.45, 7) is 4.99. The largest absolute Gasteiger partial charge is 0.481 e. The lowest BCUT2D eigenvalue weighted by atomic mass is 10.0. The van der Waals surface area contributed by atoms with Gasteiger partial charge in [-0.1, -0.05) is 18.2 Å². The number of nitrogens with one attached hydrogen (secondary N) is 1. The third-order valence-electron chi connectivity index (χ3n) is 7.58. The van der Waals surface area contributed by atoms with E-state index in [0.29, 0.717) is 34.0 Å². The highest BCUT2D eigenvalue weighted by Crippen LogP contribution is 2.34. The van der Waals surface area contributed by atoms with Crippen molar-refractivity contribution in [3.8, 4) is 5.88 Å². The zero-order valence-electron chi connectivity index (χ0n) is 24.0. The van der Waals surface area contributed by atoms with Crippen molar-refractivity contribution in [2.45, 2.75) is 45.6 Å². The van der Waals surface area contributed by atoms with Crippen LogP contribution in [0.2, 0.25) is 0 Å². The lowest BCUT2D eigenvalue weighted by molar-refractivity contribution is -0.129. The molecular weight excluding hydrogens is 545 g/mol. The van der Waals surface area contributed by atoms with Crippen molar-refractivity contribution >= 4 is 34.0 Å². The Balaban J connectivity index is 1.46. The fraction of sp³-hybridized carbons (Fsp3) is 0.355. The van der Waals surface area contributed by atoms with Crippen LogP contribution < -0.4 is 15.0 Å². The third-order valence-corrected chi connectivity index (χ3v) is 7.58. The number of pyridine rings is 1. The second kappa shape index (κ2) is 12.2. The molecular formula is C31H33F3N6O2. The quantitative estimate of drug-likeness (QED) is 0.242. The monoisotopic (exact) mass is 578 g/mol. The molecule has 1 aliphatic rings. The number of benzene rings is 2. The lowest BCUT2D eigenvalue weighted by Crippen LogP contribution is -2.29. The number of methoxy groups -OCH3 is 1. The topological polar surface area (TPSA) is 83.5 Å². The molecule has 1 amide bonds. The standard InChI is InChI=1S/C31H33F3N6O2/c1-18(23-8-7-9-24(28(23)32)29(33)34)36-30-25-16-21(10-11-26(25)37-19(2)38-30)39(3)22-14-20(31(42-4)35-17-22)15-27(41)40-12-5-6-13-40/h7-11,14,16-18,29H,5-6,12-13,15H2,1-4H3,(H,36,37,38)/t18-/m1/s1. The van der Waals surface area contributed by atoms with Crippen molar-refractivity contribution in [1.29, 1.82) is 0 Å². The summed E-state index contributed by atoms with van der Waals surface area (Å²) in [4.78, 5) is 30.2. The summed E-state index contributed by atoms with van der Waals surface area (Å²) in [7, 11) is 3.42. The van der Waals surface area contributed by atoms with E-state index in [4.69, 9.17) is 4.74 Å². The van der Waals surface area contributed by atoms with Crippen LogP contribution in [0.25, 0.3) is 10.9 Å². The van der Waals surface area contributed by atoms with Crippen LogP contribution in [-0.2, 0) is 11.2 Å². The molecule has 2 aromatic carbocycles. The van der Waals surface area contributed by atoms with Gasteiger partial charge in [0, 0.05) is 42.3 Å². The number of amides is 1. The van der Waals surface area contributed by atoms with E-state index in [1.54, 1.807) is 20.0 Å². The molecule has 42 heavy (non-hydrogen) atoms. The Kier molecular flexibility index (Phi) is 8.46. The van der Waals surface area contributed by atoms with E-state index in [0.717, 1.165) is 43.4 Å². The van der Waals surface area contributed by atoms with Crippen molar-refractivity contribution in [1.82, 2.24) is 19.9 Å². The first kappa shape index (κ1) is 29.1. The van der Waals surface area contributed by atoms with Gasteiger partial charge in [0.05, 0.1) is 42.5 Å². The van der Waals surface area contributed by atoms with E-state index in [9.17, 15) is 18.0 Å². The summed E-state index contributed by atoms with van der Waals surface area (Å²) in [6, 6.07) is 10.9. The van der Waals surface area contributed by atoms with Gasteiger partial charge >= 0.3 is 0 Å². The molecule has 0 spiro atoms. The number of aromatic nitrogens is 3. The Morgan fingerprint density at radius 1 is 1.10 bits per heavy atom. The Bertz CT molecular complexity index is 1610. The van der Waals surface area contributed by atoms with Crippen molar-refractivity contribution in [3.63, 3.8) is 0 Å². The Morgan fingerprint density at radius 2 is 1.83 bits per heavy atom. The molecule has 2 aromatic heterocycles. The van der Waals surface area contributed by atoms with Crippen LogP contribution in [0, 0.1) is 12.7 Å². The van der Waals surface area contributed by atoms with E-state index < -0.39 is 23.8 Å². The zero-order chi connectivity index (χ0) is 30.0. The fourth-order valence-electron chi connectivity index (χ4n) is 5.27. The molecule has 1 saturated heterocycles. The van der Waals surface area contributed by atoms with E-state index in [2.05, 4.69) is 20.3 Å². The number of rotatable bonds is 9. The van der Waals surface area contributed by atoms with Crippen LogP contribution in [0.5, 0.6) is 5.88 Å². The minimum Gasteiger partial charge on any atom is -0.481 e. The number of hydrogen-bond donors (Lipinski definition) is 1. The van der Waals surface area contributed by atoms with Gasteiger partial charge in [-0.15, -0.1) is 0 Å². The smallest absolute Gasteiger partial charge is 0.266 e. The predicted octanol–water partition coefficient (Wildman–Crippen LogP) is 6.52. The maximum atomic E-state index is 14.9. The van der Waals surface area contributed by atoms with E-state index in [1.165, 1.54) is 19.2 Å². The molecule has 220 valence electrons. The third kappa shape index (κ3) is 5.95. The van der Waals surface area contributed by atoms with E-state index in [1.807, 2.05) is 41.1 Å². The minimum absolute atomic E-state index is 0.0472. The van der Waals surface area contributed by atoms with Crippen molar-refractivity contribution < 1.29 is 22.7 Å². The predicted molar refractivity (Wildman–Crippen MR) is 156 cm³/mol. The Morgan fingerprint density at radius 3 is 2.55 bits per heavy atom. The first-order chi connectivity index (χ1) is 20.2. The molecule has 8 nitrogen and oxygen atoms in total. The van der Waals surface area contributed by atoms with Crippen LogP contribution in [0.4, 0.5) is 30.4 Å². The van der Waals surface area contributed by atoms with Gasteiger partial charge in [-0.2, -0.15) is 0 Å². The maximum absolute atomic E-state index is 14.9. The van der Waals surface area contributed by atoms with Crippen LogP contribution in [0.3, 0.4) is 0 Å². The molecule has 5 rings (SSSR count). The number of nitrogens with zero attached hydrogens (tertiary/aromatic N) is 5. The molecule has 4 aromatic rings. The summed E-state index contributed by atoms with van der Waals surface area (Å²) >= 11 is 0. The van der Waals surface area contributed by atoms with Crippen molar-refractivity contribution in [2.75, 3.05) is 37.5 Å². The second-order valence-corrected chi connectivity index (χ2v) is 10.4. The number of halogens is 3. The Hall–Kier alpha value is -4.41. The number of alkyl halides is 2. The van der Waals surface area contributed by atoms with Gasteiger partial charge in [0.2, 0.25) is 11.8 Å². The SMILES string of the molecule is COc1ncc(N(C)c2ccc3nc(C)nc(N[C@H](C)c4cccc(C(F)F)c4F)c3c2)cc1CC(=O)N1CCCC1. The highest BCUT2D eigenvalue weighted by Gasteiger charge is 2.22. The van der Waals surface area contributed by atoms with Gasteiger partial charge in [0.1, 0.15) is 17.5 Å². The molecule has 1 fully saturated rings. The number of aryl methyl sites for hydroxylation is 1. The molecule has 11 heteroatoms. The van der Waals surface area contributed by atoms with Crippen LogP contribution >= 0.6 is 0 Å². The average Bonchev–Trinajstić information content (AvgIpc) is 3.52. The van der Waals surface area contributed by atoms with Crippen molar-refractivity contribution in [3.05, 3.63) is 77.0 Å². The van der Waals surface area contributed by atoms with Crippen LogP contribution in [0.1, 0.15) is 54.7 Å². The average molecular weight is 579 g/mol. The summed E-state index contributed by atoms with van der Waals surface area (Å²) in [5, 5.41) is 3.88. The summed E-state index contributed by atoms with van der Waals surface area (Å²) in [5.41, 5.74) is 2.39. The molecule has 0 bridgehead atoms. The van der Waals surface area contributed by atoms with E-state index in [-0.39, 0.29) is 17.9 Å². The van der Waals surface area contributed by atoms with Gasteiger partial charge in [-0.25, -0.2) is 28.1 Å². The molecule has 1 aliphatic heterocycles. The van der Waals surface area contributed by atoms with E-state index >= 15 is 0 Å². The first-order valence-electron chi connectivity index (χ1n) is 13.8. The number of likely N-dealkylation sites (tertiary alicyclic amines) is 1. The molecule has 1 atom stereocenters. The summed E-state index contributed by atoms with van der Waals surface area (Å²) in [5.74, 6) is 0.476. The van der Waals surface area contributed by atoms with Crippen molar-refractivity contribution in [2.24, 2.45) is 0 Å². The zero-order valence-corrected chi connectivity index (χ0v) is 24.0. The number of fused-ring (bicyclic) bond motifs is 1. The molecule has 1 N–H and O–H groups in total. The van der Waals surface area contributed by atoms with Gasteiger partial charge in [0.25, 0.3) is 6.43 Å². The molecule has 3 heterocycles. The van der Waals surface area contributed by atoms with Gasteiger partial charge < -0.3 is 19.9 Å². The number of carbonyl (C=O) groups is 1. The Labute approximate surface area is 242 Å². The number of ether oxygens (including phenoxy) is 1. The van der Waals surface area contributed by atoms with Crippen LogP contribution in [0.15, 0.2) is 48.7 Å². The summed E-state index contributed by atoms with van der Waals surface area (Å²) < 4.78 is 46.9. The van der Waals surface area contributed by atoms with Crippen LogP contribution in [-0.4, -0.2) is 53.0 Å². The number of carbonyl (C=O) groups excluding carboxylic acids is 1. The minimum atomic E-state index is -2.91. The first-order valence-corrected chi connectivity index (χ1v) is 13.8. The van der Waals surface area contributed by atoms with Gasteiger partial charge in [-0.05, 0) is 51.0 Å². The fourth-order valence-corrected chi connectivity index (χ4v) is 5.27. The maximum Gasteiger partial charge on any atom is 0.266 e. The highest BCUT2D eigenvalue weighted by molar-refractivity contribution is 5.92. The second-order valence-electron chi connectivity index (χ2n) is 10.4. The molecule has 0 radical (unpaired) electrons. The molecule has 0 saturated carbocycles. The number of anilines is 3. The number of hydrogen-bond acceptors (Lipinski definition) is 7. The highest BCUT2D eigenvalue weighted by atomic mass is 19.3. The normalized spacial score (nSPS) is 14.0.